The molecule has 152 valence electrons. The van der Waals surface area contributed by atoms with Gasteiger partial charge >= 0.3 is 0 Å². The van der Waals surface area contributed by atoms with E-state index in [2.05, 4.69) is 20.9 Å². The summed E-state index contributed by atoms with van der Waals surface area (Å²) in [5.74, 6) is 0.581. The van der Waals surface area contributed by atoms with Crippen LogP contribution in [0.15, 0.2) is 81.5 Å². The van der Waals surface area contributed by atoms with Crippen LogP contribution in [0.2, 0.25) is 0 Å². The number of hydrogen-bond donors (Lipinski definition) is 1. The van der Waals surface area contributed by atoms with E-state index in [0.717, 1.165) is 21.4 Å². The molecule has 1 aromatic heterocycles. The number of aliphatic imine (C=N–C) groups is 1. The molecule has 0 bridgehead atoms. The summed E-state index contributed by atoms with van der Waals surface area (Å²) < 4.78 is 2.70. The molecule has 1 heterocycles. The topological polar surface area (TPSA) is 67.5 Å². The zero-order valence-electron chi connectivity index (χ0n) is 16.8. The van der Waals surface area contributed by atoms with E-state index >= 15 is 0 Å². The highest BCUT2D eigenvalue weighted by molar-refractivity contribution is 9.10. The van der Waals surface area contributed by atoms with E-state index in [1.165, 1.54) is 6.21 Å². The number of benzene rings is 2. The molecule has 5 nitrogen and oxygen atoms in total. The smallest absolute Gasteiger partial charge is 0.168 e. The number of halogens is 1. The van der Waals surface area contributed by atoms with Crippen molar-refractivity contribution >= 4 is 33.7 Å². The summed E-state index contributed by atoms with van der Waals surface area (Å²) in [7, 11) is 0. The second kappa shape index (κ2) is 8.03. The Kier molecular flexibility index (Phi) is 5.43. The number of allylic oxidation sites excluding steroid dienone is 2. The zero-order valence-corrected chi connectivity index (χ0v) is 18.4. The van der Waals surface area contributed by atoms with Gasteiger partial charge in [0.25, 0.3) is 0 Å². The van der Waals surface area contributed by atoms with Crippen molar-refractivity contribution < 1.29 is 9.90 Å². The molecule has 0 spiro atoms. The quantitative estimate of drug-likeness (QED) is 0.467. The summed E-state index contributed by atoms with van der Waals surface area (Å²) in [6, 6.07) is 19.5. The van der Waals surface area contributed by atoms with Crippen LogP contribution in [0.1, 0.15) is 26.7 Å². The van der Waals surface area contributed by atoms with Crippen LogP contribution in [0, 0.1) is 5.41 Å². The molecule has 0 saturated heterocycles. The van der Waals surface area contributed by atoms with Crippen LogP contribution < -0.4 is 0 Å². The molecule has 0 amide bonds. The number of carbonyl (C=O) groups excluding carboxylic acids is 1. The first-order valence-corrected chi connectivity index (χ1v) is 10.5. The lowest BCUT2D eigenvalue weighted by atomic mass is 9.77. The molecule has 0 radical (unpaired) electrons. The maximum Gasteiger partial charge on any atom is 0.168 e. The Balaban J connectivity index is 1.77. The monoisotopic (exact) mass is 463 g/mol. The fourth-order valence-electron chi connectivity index (χ4n) is 3.59. The van der Waals surface area contributed by atoms with E-state index in [9.17, 15) is 9.90 Å². The first kappa shape index (κ1) is 20.3. The number of nitrogens with zero attached hydrogens (tertiary/aromatic N) is 3. The van der Waals surface area contributed by atoms with E-state index in [1.54, 1.807) is 4.68 Å². The number of aliphatic hydroxyl groups excluding tert-OH is 1. The molecule has 0 aliphatic heterocycles. The lowest BCUT2D eigenvalue weighted by Gasteiger charge is -2.28. The van der Waals surface area contributed by atoms with Crippen molar-refractivity contribution in [3.63, 3.8) is 0 Å². The summed E-state index contributed by atoms with van der Waals surface area (Å²) in [6.07, 6.45) is 2.31. The zero-order chi connectivity index (χ0) is 21.3. The Hall–Kier alpha value is -2.99. The molecule has 3 aromatic rings. The molecule has 1 aliphatic carbocycles. The van der Waals surface area contributed by atoms with Gasteiger partial charge in [-0.05, 0) is 29.7 Å². The minimum absolute atomic E-state index is 0.0921. The number of para-hydroxylation sites is 1. The molecule has 30 heavy (non-hydrogen) atoms. The summed E-state index contributed by atoms with van der Waals surface area (Å²) in [5, 5.41) is 15.1. The first-order chi connectivity index (χ1) is 14.3. The highest BCUT2D eigenvalue weighted by Crippen LogP contribution is 2.35. The Morgan fingerprint density at radius 1 is 1.10 bits per heavy atom. The van der Waals surface area contributed by atoms with E-state index < -0.39 is 0 Å². The Morgan fingerprint density at radius 2 is 1.87 bits per heavy atom. The van der Waals surface area contributed by atoms with Gasteiger partial charge in [0.1, 0.15) is 5.76 Å². The van der Waals surface area contributed by atoms with Crippen LogP contribution >= 0.6 is 15.9 Å². The number of aromatic nitrogens is 2. The molecule has 0 unspecified atom stereocenters. The Labute approximate surface area is 183 Å². The molecule has 6 heteroatoms. The SMILES string of the molecule is CC1(C)CC(=O)C(C=Nc2cc(-c3cccc(Br)c3)nn2-c2ccccc2)=C(O)C1. The van der Waals surface area contributed by atoms with E-state index in [-0.39, 0.29) is 22.5 Å². The molecule has 0 fully saturated rings. The number of rotatable bonds is 4. The number of aliphatic hydroxyl groups is 1. The van der Waals surface area contributed by atoms with Crippen molar-refractivity contribution in [1.82, 2.24) is 9.78 Å². The van der Waals surface area contributed by atoms with Gasteiger partial charge in [0.15, 0.2) is 11.6 Å². The molecule has 1 N–H and O–H groups in total. The van der Waals surface area contributed by atoms with Crippen LogP contribution in [0.25, 0.3) is 16.9 Å². The van der Waals surface area contributed by atoms with Gasteiger partial charge in [-0.3, -0.25) is 4.79 Å². The molecule has 1 aliphatic rings. The highest BCUT2D eigenvalue weighted by Gasteiger charge is 2.32. The molecular formula is C24H22BrN3O2. The predicted molar refractivity (Wildman–Crippen MR) is 123 cm³/mol. The standard InChI is InChI=1S/C24H22BrN3O2/c1-24(2)13-21(29)19(22(30)14-24)15-26-23-12-20(16-7-6-8-17(25)11-16)27-28(23)18-9-4-3-5-10-18/h3-12,15,29H,13-14H2,1-2H3. The minimum Gasteiger partial charge on any atom is -0.511 e. The van der Waals surface area contributed by atoms with Gasteiger partial charge < -0.3 is 5.11 Å². The number of hydrogen-bond acceptors (Lipinski definition) is 4. The van der Waals surface area contributed by atoms with Crippen molar-refractivity contribution in [2.75, 3.05) is 0 Å². The third kappa shape index (κ3) is 4.28. The highest BCUT2D eigenvalue weighted by atomic mass is 79.9. The van der Waals surface area contributed by atoms with Crippen molar-refractivity contribution in [3.05, 3.63) is 76.5 Å². The lowest BCUT2D eigenvalue weighted by Crippen LogP contribution is -2.26. The third-order valence-electron chi connectivity index (χ3n) is 5.03. The normalized spacial score (nSPS) is 16.4. The molecular weight excluding hydrogens is 442 g/mol. The van der Waals surface area contributed by atoms with Gasteiger partial charge in [-0.25, -0.2) is 9.67 Å². The van der Waals surface area contributed by atoms with E-state index in [4.69, 9.17) is 5.10 Å². The van der Waals surface area contributed by atoms with Gasteiger partial charge in [0.2, 0.25) is 0 Å². The maximum absolute atomic E-state index is 12.5. The second-order valence-electron chi connectivity index (χ2n) is 8.20. The van der Waals surface area contributed by atoms with Crippen LogP contribution in [-0.4, -0.2) is 26.9 Å². The summed E-state index contributed by atoms with van der Waals surface area (Å²) >= 11 is 3.50. The van der Waals surface area contributed by atoms with Crippen molar-refractivity contribution in [1.29, 1.82) is 0 Å². The van der Waals surface area contributed by atoms with Gasteiger partial charge in [0, 0.05) is 35.2 Å². The summed E-state index contributed by atoms with van der Waals surface area (Å²) in [5.41, 5.74) is 2.62. The number of carbonyl (C=O) groups is 1. The first-order valence-electron chi connectivity index (χ1n) is 9.73. The molecule has 2 aromatic carbocycles. The van der Waals surface area contributed by atoms with Crippen LogP contribution in [0.4, 0.5) is 5.82 Å². The fraction of sp³-hybridized carbons (Fsp3) is 0.208. The number of ketones is 1. The van der Waals surface area contributed by atoms with Gasteiger partial charge in [-0.1, -0.05) is 60.1 Å². The minimum atomic E-state index is -0.238. The van der Waals surface area contributed by atoms with Crippen LogP contribution in [0.3, 0.4) is 0 Å². The van der Waals surface area contributed by atoms with Gasteiger partial charge in [0.05, 0.1) is 17.0 Å². The molecule has 0 saturated carbocycles. The third-order valence-corrected chi connectivity index (χ3v) is 5.53. The van der Waals surface area contributed by atoms with E-state index in [0.29, 0.717) is 18.7 Å². The molecule has 0 atom stereocenters. The number of Topliss-reactive ketones (excluding diaryl/α,β-unsaturated/α-hetero) is 1. The average Bonchev–Trinajstić information content (AvgIpc) is 3.11. The van der Waals surface area contributed by atoms with Crippen LogP contribution in [-0.2, 0) is 4.79 Å². The average molecular weight is 464 g/mol. The van der Waals surface area contributed by atoms with Crippen molar-refractivity contribution in [3.8, 4) is 16.9 Å². The summed E-state index contributed by atoms with van der Waals surface area (Å²) in [4.78, 5) is 17.1. The van der Waals surface area contributed by atoms with Crippen LogP contribution in [0.5, 0.6) is 0 Å². The summed E-state index contributed by atoms with van der Waals surface area (Å²) in [6.45, 7) is 3.95. The largest absolute Gasteiger partial charge is 0.511 e. The predicted octanol–water partition coefficient (Wildman–Crippen LogP) is 6.21. The van der Waals surface area contributed by atoms with Crippen molar-refractivity contribution in [2.45, 2.75) is 26.7 Å². The molecule has 4 rings (SSSR count). The lowest BCUT2D eigenvalue weighted by molar-refractivity contribution is -0.117. The van der Waals surface area contributed by atoms with Crippen molar-refractivity contribution in [2.24, 2.45) is 10.4 Å². The fourth-order valence-corrected chi connectivity index (χ4v) is 3.99. The van der Waals surface area contributed by atoms with E-state index in [1.807, 2.05) is 74.5 Å². The Bertz CT molecular complexity index is 1160. The second-order valence-corrected chi connectivity index (χ2v) is 9.12. The van der Waals surface area contributed by atoms with Gasteiger partial charge in [-0.15, -0.1) is 0 Å². The van der Waals surface area contributed by atoms with Gasteiger partial charge in [-0.2, -0.15) is 5.10 Å². The maximum atomic E-state index is 12.5. The Morgan fingerprint density at radius 3 is 2.57 bits per heavy atom.